The summed E-state index contributed by atoms with van der Waals surface area (Å²) in [5.41, 5.74) is 6.83. The molecule has 0 aliphatic carbocycles. The lowest BCUT2D eigenvalue weighted by Crippen LogP contribution is -2.52. The largest absolute Gasteiger partial charge is 0.382 e. The van der Waals surface area contributed by atoms with Crippen LogP contribution in [0.3, 0.4) is 0 Å². The van der Waals surface area contributed by atoms with Crippen molar-refractivity contribution in [2.24, 2.45) is 11.7 Å². The van der Waals surface area contributed by atoms with Gasteiger partial charge in [0.2, 0.25) is 11.8 Å². The molecule has 21 heavy (non-hydrogen) atoms. The van der Waals surface area contributed by atoms with Crippen molar-refractivity contribution in [3.63, 3.8) is 0 Å². The van der Waals surface area contributed by atoms with Gasteiger partial charge in [0.05, 0.1) is 5.92 Å². The molecule has 0 aromatic heterocycles. The number of carbonyl (C=O) groups is 2. The number of rotatable bonds is 4. The van der Waals surface area contributed by atoms with E-state index in [9.17, 15) is 9.59 Å². The SMILES string of the molecule is CC1Nc2ccccc2CC1C(=O)NC(C)(C)CC(N)=O. The summed E-state index contributed by atoms with van der Waals surface area (Å²) in [4.78, 5) is 23.6. The molecule has 0 spiro atoms. The van der Waals surface area contributed by atoms with Gasteiger partial charge in [-0.2, -0.15) is 0 Å². The van der Waals surface area contributed by atoms with Crippen LogP contribution in [0.4, 0.5) is 5.69 Å². The quantitative estimate of drug-likeness (QED) is 0.784. The Hall–Kier alpha value is -2.04. The van der Waals surface area contributed by atoms with Crippen LogP contribution >= 0.6 is 0 Å². The first-order valence-corrected chi connectivity index (χ1v) is 7.23. The fraction of sp³-hybridized carbons (Fsp3) is 0.500. The highest BCUT2D eigenvalue weighted by molar-refractivity contribution is 5.83. The fourth-order valence-electron chi connectivity index (χ4n) is 2.82. The van der Waals surface area contributed by atoms with Gasteiger partial charge in [-0.1, -0.05) is 18.2 Å². The lowest BCUT2D eigenvalue weighted by Gasteiger charge is -2.34. The topological polar surface area (TPSA) is 84.2 Å². The van der Waals surface area contributed by atoms with Crippen molar-refractivity contribution in [3.8, 4) is 0 Å². The van der Waals surface area contributed by atoms with Gasteiger partial charge < -0.3 is 16.4 Å². The van der Waals surface area contributed by atoms with Crippen LogP contribution in [0.2, 0.25) is 0 Å². The summed E-state index contributed by atoms with van der Waals surface area (Å²) >= 11 is 0. The molecular formula is C16H23N3O2. The second-order valence-electron chi connectivity index (χ2n) is 6.42. The predicted octanol–water partition coefficient (Wildman–Crippen LogP) is 1.43. The molecule has 2 rings (SSSR count). The fourth-order valence-corrected chi connectivity index (χ4v) is 2.82. The van der Waals surface area contributed by atoms with Crippen molar-refractivity contribution in [1.82, 2.24) is 5.32 Å². The van der Waals surface area contributed by atoms with Crippen LogP contribution in [-0.4, -0.2) is 23.4 Å². The van der Waals surface area contributed by atoms with Gasteiger partial charge in [-0.3, -0.25) is 9.59 Å². The van der Waals surface area contributed by atoms with Gasteiger partial charge in [-0.05, 0) is 38.8 Å². The number of carbonyl (C=O) groups excluding carboxylic acids is 2. The van der Waals surface area contributed by atoms with E-state index >= 15 is 0 Å². The highest BCUT2D eigenvalue weighted by Gasteiger charge is 2.33. The molecule has 1 aromatic rings. The van der Waals surface area contributed by atoms with Gasteiger partial charge in [0.15, 0.2) is 0 Å². The molecule has 4 N–H and O–H groups in total. The number of amides is 2. The van der Waals surface area contributed by atoms with E-state index in [2.05, 4.69) is 10.6 Å². The Bertz CT molecular complexity index is 554. The summed E-state index contributed by atoms with van der Waals surface area (Å²) in [6, 6.07) is 8.06. The minimum Gasteiger partial charge on any atom is -0.382 e. The highest BCUT2D eigenvalue weighted by atomic mass is 16.2. The number of fused-ring (bicyclic) bond motifs is 1. The van der Waals surface area contributed by atoms with E-state index in [1.165, 1.54) is 0 Å². The van der Waals surface area contributed by atoms with E-state index < -0.39 is 11.4 Å². The lowest BCUT2D eigenvalue weighted by molar-refractivity contribution is -0.127. The molecule has 1 aliphatic heterocycles. The second-order valence-corrected chi connectivity index (χ2v) is 6.42. The van der Waals surface area contributed by atoms with E-state index in [0.717, 1.165) is 11.3 Å². The Balaban J connectivity index is 2.08. The molecule has 5 heteroatoms. The molecule has 0 fully saturated rings. The first-order valence-electron chi connectivity index (χ1n) is 7.23. The van der Waals surface area contributed by atoms with E-state index in [4.69, 9.17) is 5.73 Å². The Morgan fingerprint density at radius 2 is 2.05 bits per heavy atom. The number of anilines is 1. The minimum atomic E-state index is -0.625. The van der Waals surface area contributed by atoms with Crippen LogP contribution in [0.25, 0.3) is 0 Å². The maximum Gasteiger partial charge on any atom is 0.225 e. The molecule has 1 heterocycles. The van der Waals surface area contributed by atoms with Gasteiger partial charge in [-0.15, -0.1) is 0 Å². The Morgan fingerprint density at radius 1 is 1.38 bits per heavy atom. The standard InChI is InChI=1S/C16H23N3O2/c1-10-12(8-11-6-4-5-7-13(11)18-10)15(21)19-16(2,3)9-14(17)20/h4-7,10,12,18H,8-9H2,1-3H3,(H2,17,20)(H,19,21). The normalized spacial score (nSPS) is 21.1. The third-order valence-corrected chi connectivity index (χ3v) is 3.86. The number of primary amides is 1. The number of hydrogen-bond donors (Lipinski definition) is 3. The second kappa shape index (κ2) is 5.76. The zero-order valence-electron chi connectivity index (χ0n) is 12.8. The van der Waals surface area contributed by atoms with Crippen LogP contribution in [0.5, 0.6) is 0 Å². The van der Waals surface area contributed by atoms with Crippen LogP contribution in [0.1, 0.15) is 32.8 Å². The van der Waals surface area contributed by atoms with Gasteiger partial charge in [0.25, 0.3) is 0 Å². The summed E-state index contributed by atoms with van der Waals surface area (Å²) in [7, 11) is 0. The molecule has 0 saturated carbocycles. The highest BCUT2D eigenvalue weighted by Crippen LogP contribution is 2.28. The van der Waals surface area contributed by atoms with Crippen molar-refractivity contribution < 1.29 is 9.59 Å². The number of benzene rings is 1. The monoisotopic (exact) mass is 289 g/mol. The molecule has 1 aromatic carbocycles. The number of para-hydroxylation sites is 1. The van der Waals surface area contributed by atoms with Crippen LogP contribution in [0.15, 0.2) is 24.3 Å². The number of hydrogen-bond acceptors (Lipinski definition) is 3. The molecule has 0 radical (unpaired) electrons. The van der Waals surface area contributed by atoms with Gasteiger partial charge in [0.1, 0.15) is 0 Å². The molecule has 2 amide bonds. The van der Waals surface area contributed by atoms with Crippen molar-refractivity contribution in [3.05, 3.63) is 29.8 Å². The molecule has 0 bridgehead atoms. The Labute approximate surface area is 125 Å². The zero-order chi connectivity index (χ0) is 15.6. The van der Waals surface area contributed by atoms with E-state index in [1.54, 1.807) is 0 Å². The lowest BCUT2D eigenvalue weighted by atomic mass is 9.86. The van der Waals surface area contributed by atoms with Crippen molar-refractivity contribution in [2.75, 3.05) is 5.32 Å². The third-order valence-electron chi connectivity index (χ3n) is 3.86. The predicted molar refractivity (Wildman–Crippen MR) is 82.8 cm³/mol. The van der Waals surface area contributed by atoms with Gasteiger partial charge >= 0.3 is 0 Å². The first kappa shape index (κ1) is 15.4. The van der Waals surface area contributed by atoms with Crippen LogP contribution < -0.4 is 16.4 Å². The molecule has 114 valence electrons. The van der Waals surface area contributed by atoms with Crippen LogP contribution in [0, 0.1) is 5.92 Å². The third kappa shape index (κ3) is 3.74. The van der Waals surface area contributed by atoms with Crippen molar-refractivity contribution in [1.29, 1.82) is 0 Å². The van der Waals surface area contributed by atoms with Crippen LogP contribution in [-0.2, 0) is 16.0 Å². The summed E-state index contributed by atoms with van der Waals surface area (Å²) < 4.78 is 0. The summed E-state index contributed by atoms with van der Waals surface area (Å²) in [5, 5.41) is 6.30. The number of nitrogens with two attached hydrogens (primary N) is 1. The average Bonchev–Trinajstić information content (AvgIpc) is 2.35. The molecule has 1 aliphatic rings. The first-order chi connectivity index (χ1) is 9.78. The Kier molecular flexibility index (Phi) is 4.21. The molecular weight excluding hydrogens is 266 g/mol. The molecule has 5 nitrogen and oxygen atoms in total. The maximum atomic E-state index is 12.5. The van der Waals surface area contributed by atoms with Crippen molar-refractivity contribution in [2.45, 2.75) is 45.2 Å². The zero-order valence-corrected chi connectivity index (χ0v) is 12.8. The molecule has 0 saturated heterocycles. The smallest absolute Gasteiger partial charge is 0.225 e. The minimum absolute atomic E-state index is 0.0456. The van der Waals surface area contributed by atoms with Gasteiger partial charge in [-0.25, -0.2) is 0 Å². The summed E-state index contributed by atoms with van der Waals surface area (Å²) in [5.74, 6) is -0.622. The van der Waals surface area contributed by atoms with E-state index in [1.807, 2.05) is 45.0 Å². The van der Waals surface area contributed by atoms with E-state index in [-0.39, 0.29) is 24.3 Å². The average molecular weight is 289 g/mol. The summed E-state index contributed by atoms with van der Waals surface area (Å²) in [6.07, 6.45) is 0.826. The maximum absolute atomic E-state index is 12.5. The van der Waals surface area contributed by atoms with Crippen molar-refractivity contribution >= 4 is 17.5 Å². The summed E-state index contributed by atoms with van der Waals surface area (Å²) in [6.45, 7) is 5.62. The molecule has 2 unspecified atom stereocenters. The number of nitrogens with one attached hydrogen (secondary N) is 2. The van der Waals surface area contributed by atoms with Gasteiger partial charge in [0, 0.05) is 23.7 Å². The Morgan fingerprint density at radius 3 is 2.71 bits per heavy atom. The molecule has 2 atom stereocenters. The van der Waals surface area contributed by atoms with E-state index in [0.29, 0.717) is 6.42 Å².